The molecule has 20 heavy (non-hydrogen) atoms. The monoisotopic (exact) mass is 273 g/mol. The zero-order valence-corrected chi connectivity index (χ0v) is 12.2. The van der Waals surface area contributed by atoms with Crippen LogP contribution in [0.25, 0.3) is 0 Å². The van der Waals surface area contributed by atoms with Gasteiger partial charge in [0.2, 0.25) is 0 Å². The summed E-state index contributed by atoms with van der Waals surface area (Å²) < 4.78 is 7.25. The van der Waals surface area contributed by atoms with Crippen molar-refractivity contribution in [2.45, 2.75) is 32.4 Å². The van der Waals surface area contributed by atoms with Crippen LogP contribution >= 0.6 is 0 Å². The van der Waals surface area contributed by atoms with E-state index in [9.17, 15) is 0 Å². The van der Waals surface area contributed by atoms with Crippen LogP contribution in [0.2, 0.25) is 0 Å². The molecule has 1 atom stereocenters. The van der Waals surface area contributed by atoms with Gasteiger partial charge in [0.15, 0.2) is 0 Å². The fourth-order valence-corrected chi connectivity index (χ4v) is 2.14. The first-order valence-corrected chi connectivity index (χ1v) is 7.10. The lowest BCUT2D eigenvalue weighted by Crippen LogP contribution is -2.29. The number of ether oxygens (including phenoxy) is 1. The molecule has 0 aliphatic rings. The lowest BCUT2D eigenvalue weighted by Gasteiger charge is -2.14. The maximum Gasteiger partial charge on any atom is 0.118 e. The predicted octanol–water partition coefficient (Wildman–Crippen LogP) is 2.50. The average Bonchev–Trinajstić information content (AvgIpc) is 2.99. The van der Waals surface area contributed by atoms with Gasteiger partial charge < -0.3 is 14.6 Å². The summed E-state index contributed by atoms with van der Waals surface area (Å²) in [5.74, 6) is 0.917. The molecular formula is C16H23N3O. The largest absolute Gasteiger partial charge is 0.497 e. The first-order valence-electron chi connectivity index (χ1n) is 7.10. The van der Waals surface area contributed by atoms with Crippen molar-refractivity contribution >= 4 is 0 Å². The van der Waals surface area contributed by atoms with Gasteiger partial charge in [0.05, 0.1) is 13.4 Å². The molecule has 4 heteroatoms. The molecule has 0 aliphatic carbocycles. The molecule has 0 bridgehead atoms. The maximum absolute atomic E-state index is 5.16. The molecule has 1 aromatic carbocycles. The first-order chi connectivity index (χ1) is 9.78. The Kier molecular flexibility index (Phi) is 5.62. The minimum absolute atomic E-state index is 0.514. The molecule has 2 rings (SSSR count). The number of aromatic nitrogens is 2. The van der Waals surface area contributed by atoms with E-state index < -0.39 is 0 Å². The molecule has 1 heterocycles. The van der Waals surface area contributed by atoms with Gasteiger partial charge in [-0.15, -0.1) is 0 Å². The second-order valence-corrected chi connectivity index (χ2v) is 5.04. The molecular weight excluding hydrogens is 250 g/mol. The summed E-state index contributed by atoms with van der Waals surface area (Å²) in [5, 5.41) is 3.54. The highest BCUT2D eigenvalue weighted by Gasteiger charge is 2.02. The number of hydrogen-bond acceptors (Lipinski definition) is 3. The lowest BCUT2D eigenvalue weighted by molar-refractivity contribution is 0.414. The Balaban J connectivity index is 1.65. The van der Waals surface area contributed by atoms with Crippen molar-refractivity contribution in [3.05, 3.63) is 48.5 Å². The zero-order valence-electron chi connectivity index (χ0n) is 12.2. The van der Waals surface area contributed by atoms with Crippen LogP contribution in [0.1, 0.15) is 18.9 Å². The molecule has 0 aliphatic heterocycles. The number of methoxy groups -OCH3 is 1. The first kappa shape index (κ1) is 14.6. The summed E-state index contributed by atoms with van der Waals surface area (Å²) in [6, 6.07) is 8.83. The number of imidazole rings is 1. The van der Waals surface area contributed by atoms with Crippen LogP contribution in [0.5, 0.6) is 5.75 Å². The van der Waals surface area contributed by atoms with E-state index in [2.05, 4.69) is 33.9 Å². The van der Waals surface area contributed by atoms with E-state index in [1.54, 1.807) is 7.11 Å². The Labute approximate surface area is 120 Å². The summed E-state index contributed by atoms with van der Waals surface area (Å²) in [7, 11) is 1.70. The van der Waals surface area contributed by atoms with Gasteiger partial charge in [-0.3, -0.25) is 0 Å². The minimum Gasteiger partial charge on any atom is -0.497 e. The third-order valence-electron chi connectivity index (χ3n) is 3.45. The predicted molar refractivity (Wildman–Crippen MR) is 81.0 cm³/mol. The zero-order chi connectivity index (χ0) is 14.2. The van der Waals surface area contributed by atoms with Gasteiger partial charge in [0.25, 0.3) is 0 Å². The Morgan fingerprint density at radius 1 is 1.30 bits per heavy atom. The van der Waals surface area contributed by atoms with Crippen molar-refractivity contribution in [3.8, 4) is 5.75 Å². The normalized spacial score (nSPS) is 12.3. The van der Waals surface area contributed by atoms with Gasteiger partial charge in [0.1, 0.15) is 5.75 Å². The highest BCUT2D eigenvalue weighted by molar-refractivity contribution is 5.27. The third-order valence-corrected chi connectivity index (χ3v) is 3.45. The van der Waals surface area contributed by atoms with E-state index in [0.717, 1.165) is 31.7 Å². The number of hydrogen-bond donors (Lipinski definition) is 1. The average molecular weight is 273 g/mol. The molecule has 1 N–H and O–H groups in total. The van der Waals surface area contributed by atoms with Crippen LogP contribution < -0.4 is 10.1 Å². The van der Waals surface area contributed by atoms with Crippen molar-refractivity contribution in [2.24, 2.45) is 0 Å². The van der Waals surface area contributed by atoms with Gasteiger partial charge in [-0.05, 0) is 37.5 Å². The highest BCUT2D eigenvalue weighted by Crippen LogP contribution is 2.13. The fraction of sp³-hybridized carbons (Fsp3) is 0.438. The lowest BCUT2D eigenvalue weighted by atomic mass is 10.1. The van der Waals surface area contributed by atoms with E-state index in [1.165, 1.54) is 5.56 Å². The Morgan fingerprint density at radius 3 is 2.75 bits per heavy atom. The van der Waals surface area contributed by atoms with Crippen molar-refractivity contribution in [2.75, 3.05) is 13.7 Å². The molecule has 0 saturated carbocycles. The fourth-order valence-electron chi connectivity index (χ4n) is 2.14. The SMILES string of the molecule is COc1ccc(CCC(C)NCCn2ccnc2)cc1. The van der Waals surface area contributed by atoms with Crippen LogP contribution in [0.3, 0.4) is 0 Å². The van der Waals surface area contributed by atoms with E-state index in [0.29, 0.717) is 6.04 Å². The summed E-state index contributed by atoms with van der Waals surface area (Å²) >= 11 is 0. The van der Waals surface area contributed by atoms with Crippen LogP contribution in [0.4, 0.5) is 0 Å². The number of nitrogens with one attached hydrogen (secondary N) is 1. The van der Waals surface area contributed by atoms with Crippen LogP contribution in [0.15, 0.2) is 43.0 Å². The van der Waals surface area contributed by atoms with Crippen molar-refractivity contribution in [1.29, 1.82) is 0 Å². The van der Waals surface area contributed by atoms with Crippen molar-refractivity contribution in [1.82, 2.24) is 14.9 Å². The quantitative estimate of drug-likeness (QED) is 0.803. The Hall–Kier alpha value is -1.81. The maximum atomic E-state index is 5.16. The van der Waals surface area contributed by atoms with Gasteiger partial charge in [-0.2, -0.15) is 0 Å². The minimum atomic E-state index is 0.514. The highest BCUT2D eigenvalue weighted by atomic mass is 16.5. The van der Waals surface area contributed by atoms with E-state index in [-0.39, 0.29) is 0 Å². The standard InChI is InChI=1S/C16H23N3O/c1-14(18-10-12-19-11-9-17-13-19)3-4-15-5-7-16(20-2)8-6-15/h5-9,11,13-14,18H,3-4,10,12H2,1-2H3. The van der Waals surface area contributed by atoms with Crippen LogP contribution in [0, 0.1) is 0 Å². The number of benzene rings is 1. The Bertz CT molecular complexity index is 479. The number of rotatable bonds is 8. The van der Waals surface area contributed by atoms with Crippen LogP contribution in [-0.4, -0.2) is 29.2 Å². The van der Waals surface area contributed by atoms with Crippen molar-refractivity contribution < 1.29 is 4.74 Å². The van der Waals surface area contributed by atoms with E-state index in [1.807, 2.05) is 30.9 Å². The van der Waals surface area contributed by atoms with Gasteiger partial charge in [0, 0.05) is 31.5 Å². The molecule has 108 valence electrons. The molecule has 0 spiro atoms. The second-order valence-electron chi connectivity index (χ2n) is 5.04. The summed E-state index contributed by atoms with van der Waals surface area (Å²) in [6.07, 6.45) is 7.88. The summed E-state index contributed by atoms with van der Waals surface area (Å²) in [6.45, 7) is 4.17. The Morgan fingerprint density at radius 2 is 2.10 bits per heavy atom. The molecule has 0 amide bonds. The molecule has 0 fully saturated rings. The number of aryl methyl sites for hydroxylation is 1. The topological polar surface area (TPSA) is 39.1 Å². The van der Waals surface area contributed by atoms with E-state index >= 15 is 0 Å². The third kappa shape index (κ3) is 4.70. The molecule has 0 radical (unpaired) electrons. The smallest absolute Gasteiger partial charge is 0.118 e. The molecule has 0 saturated heterocycles. The molecule has 2 aromatic rings. The molecule has 1 unspecified atom stereocenters. The van der Waals surface area contributed by atoms with E-state index in [4.69, 9.17) is 4.74 Å². The summed E-state index contributed by atoms with van der Waals surface area (Å²) in [4.78, 5) is 4.03. The van der Waals surface area contributed by atoms with Gasteiger partial charge >= 0.3 is 0 Å². The molecule has 4 nitrogen and oxygen atoms in total. The molecule has 1 aromatic heterocycles. The second kappa shape index (κ2) is 7.70. The van der Waals surface area contributed by atoms with Crippen molar-refractivity contribution in [3.63, 3.8) is 0 Å². The number of nitrogens with zero attached hydrogens (tertiary/aromatic N) is 2. The van der Waals surface area contributed by atoms with Gasteiger partial charge in [-0.25, -0.2) is 4.98 Å². The summed E-state index contributed by atoms with van der Waals surface area (Å²) in [5.41, 5.74) is 1.36. The van der Waals surface area contributed by atoms with Crippen LogP contribution in [-0.2, 0) is 13.0 Å². The van der Waals surface area contributed by atoms with Gasteiger partial charge in [-0.1, -0.05) is 12.1 Å².